The van der Waals surface area contributed by atoms with Crippen LogP contribution in [0.5, 0.6) is 11.5 Å². The summed E-state index contributed by atoms with van der Waals surface area (Å²) >= 11 is 0. The summed E-state index contributed by atoms with van der Waals surface area (Å²) in [5, 5.41) is 29.5. The smallest absolute Gasteiger partial charge is 0.255 e. The second kappa shape index (κ2) is 5.03. The predicted molar refractivity (Wildman–Crippen MR) is 56.9 cm³/mol. The second-order valence-corrected chi connectivity index (χ2v) is 3.44. The molecule has 1 rings (SSSR count). The SMILES string of the molecule is CC(CC#N)NC(=O)c1ccc(O)cc1O. The van der Waals surface area contributed by atoms with E-state index in [1.807, 2.05) is 6.07 Å². The van der Waals surface area contributed by atoms with E-state index in [0.717, 1.165) is 6.07 Å². The van der Waals surface area contributed by atoms with Crippen LogP contribution in [0.2, 0.25) is 0 Å². The molecule has 1 atom stereocenters. The highest BCUT2D eigenvalue weighted by Crippen LogP contribution is 2.22. The molecule has 5 heteroatoms. The van der Waals surface area contributed by atoms with E-state index in [1.54, 1.807) is 6.92 Å². The van der Waals surface area contributed by atoms with E-state index in [-0.39, 0.29) is 29.5 Å². The lowest BCUT2D eigenvalue weighted by Crippen LogP contribution is -2.32. The predicted octanol–water partition coefficient (Wildman–Crippen LogP) is 1.13. The Bertz CT molecular complexity index is 437. The number of carbonyl (C=O) groups excluding carboxylic acids is 1. The van der Waals surface area contributed by atoms with Crippen molar-refractivity contribution in [2.24, 2.45) is 0 Å². The number of nitriles is 1. The fourth-order valence-corrected chi connectivity index (χ4v) is 1.20. The first kappa shape index (κ1) is 11.9. The quantitative estimate of drug-likeness (QED) is 0.711. The van der Waals surface area contributed by atoms with Crippen molar-refractivity contribution in [2.75, 3.05) is 0 Å². The van der Waals surface area contributed by atoms with Gasteiger partial charge in [0.05, 0.1) is 18.1 Å². The molecule has 0 saturated heterocycles. The zero-order valence-electron chi connectivity index (χ0n) is 8.77. The number of benzene rings is 1. The van der Waals surface area contributed by atoms with E-state index >= 15 is 0 Å². The van der Waals surface area contributed by atoms with Crippen molar-refractivity contribution in [3.8, 4) is 17.6 Å². The Hall–Kier alpha value is -2.22. The largest absolute Gasteiger partial charge is 0.508 e. The molecule has 0 fully saturated rings. The molecule has 0 heterocycles. The lowest BCUT2D eigenvalue weighted by Gasteiger charge is -2.11. The van der Waals surface area contributed by atoms with Gasteiger partial charge in [0.15, 0.2) is 0 Å². The van der Waals surface area contributed by atoms with Crippen molar-refractivity contribution in [1.82, 2.24) is 5.32 Å². The van der Waals surface area contributed by atoms with Gasteiger partial charge in [-0.15, -0.1) is 0 Å². The molecule has 0 bridgehead atoms. The van der Waals surface area contributed by atoms with Gasteiger partial charge in [0.25, 0.3) is 5.91 Å². The van der Waals surface area contributed by atoms with Crippen LogP contribution in [0.4, 0.5) is 0 Å². The normalized spacial score (nSPS) is 11.5. The van der Waals surface area contributed by atoms with Crippen LogP contribution in [0.25, 0.3) is 0 Å². The Kier molecular flexibility index (Phi) is 3.72. The van der Waals surface area contributed by atoms with Crippen molar-refractivity contribution in [2.45, 2.75) is 19.4 Å². The Morgan fingerprint density at radius 1 is 1.56 bits per heavy atom. The van der Waals surface area contributed by atoms with Crippen LogP contribution in [0.1, 0.15) is 23.7 Å². The molecule has 84 valence electrons. The molecule has 5 nitrogen and oxygen atoms in total. The van der Waals surface area contributed by atoms with Crippen molar-refractivity contribution >= 4 is 5.91 Å². The highest BCUT2D eigenvalue weighted by atomic mass is 16.3. The molecule has 3 N–H and O–H groups in total. The summed E-state index contributed by atoms with van der Waals surface area (Å²) in [6.07, 6.45) is 0.199. The number of nitrogens with one attached hydrogen (secondary N) is 1. The van der Waals surface area contributed by atoms with E-state index in [9.17, 15) is 9.90 Å². The van der Waals surface area contributed by atoms with Gasteiger partial charge in [-0.05, 0) is 19.1 Å². The minimum atomic E-state index is -0.472. The Morgan fingerprint density at radius 3 is 2.81 bits per heavy atom. The Labute approximate surface area is 92.9 Å². The van der Waals surface area contributed by atoms with Gasteiger partial charge in [-0.25, -0.2) is 0 Å². The van der Waals surface area contributed by atoms with Crippen LogP contribution in [-0.4, -0.2) is 22.2 Å². The van der Waals surface area contributed by atoms with Crippen LogP contribution in [0, 0.1) is 11.3 Å². The van der Waals surface area contributed by atoms with Crippen LogP contribution >= 0.6 is 0 Å². The molecule has 1 amide bonds. The van der Waals surface area contributed by atoms with E-state index in [1.165, 1.54) is 12.1 Å². The first-order valence-electron chi connectivity index (χ1n) is 4.74. The molecule has 0 aliphatic carbocycles. The van der Waals surface area contributed by atoms with Gasteiger partial charge in [0.2, 0.25) is 0 Å². The molecule has 0 aliphatic rings. The van der Waals surface area contributed by atoms with Crippen LogP contribution in [0.3, 0.4) is 0 Å². The zero-order valence-corrected chi connectivity index (χ0v) is 8.77. The molecule has 0 aliphatic heterocycles. The maximum atomic E-state index is 11.6. The minimum absolute atomic E-state index is 0.0718. The lowest BCUT2D eigenvalue weighted by molar-refractivity contribution is 0.0938. The molecule has 0 saturated carbocycles. The number of rotatable bonds is 3. The van der Waals surface area contributed by atoms with Crippen LogP contribution in [-0.2, 0) is 0 Å². The van der Waals surface area contributed by atoms with Crippen molar-refractivity contribution in [3.63, 3.8) is 0 Å². The third-order valence-electron chi connectivity index (χ3n) is 2.00. The topological polar surface area (TPSA) is 93.4 Å². The number of carbonyl (C=O) groups is 1. The number of hydrogen-bond donors (Lipinski definition) is 3. The minimum Gasteiger partial charge on any atom is -0.508 e. The zero-order chi connectivity index (χ0) is 12.1. The van der Waals surface area contributed by atoms with Gasteiger partial charge in [0, 0.05) is 12.1 Å². The number of nitrogens with zero attached hydrogens (tertiary/aromatic N) is 1. The average Bonchev–Trinajstić information content (AvgIpc) is 2.17. The summed E-state index contributed by atoms with van der Waals surface area (Å²) < 4.78 is 0. The van der Waals surface area contributed by atoms with E-state index < -0.39 is 5.91 Å². The maximum Gasteiger partial charge on any atom is 0.255 e. The van der Waals surface area contributed by atoms with Crippen molar-refractivity contribution in [3.05, 3.63) is 23.8 Å². The summed E-state index contributed by atoms with van der Waals surface area (Å²) in [6, 6.07) is 5.36. The summed E-state index contributed by atoms with van der Waals surface area (Å²) in [7, 11) is 0. The van der Waals surface area contributed by atoms with Crippen LogP contribution < -0.4 is 5.32 Å². The first-order valence-corrected chi connectivity index (χ1v) is 4.74. The van der Waals surface area contributed by atoms with Crippen molar-refractivity contribution < 1.29 is 15.0 Å². The Balaban J connectivity index is 2.78. The van der Waals surface area contributed by atoms with Gasteiger partial charge in [-0.2, -0.15) is 5.26 Å². The highest BCUT2D eigenvalue weighted by molar-refractivity contribution is 5.97. The first-order chi connectivity index (χ1) is 7.54. The summed E-state index contributed by atoms with van der Waals surface area (Å²) in [6.45, 7) is 1.69. The monoisotopic (exact) mass is 220 g/mol. The molecule has 1 unspecified atom stereocenters. The van der Waals surface area contributed by atoms with E-state index in [4.69, 9.17) is 10.4 Å². The third kappa shape index (κ3) is 2.89. The van der Waals surface area contributed by atoms with E-state index in [2.05, 4.69) is 5.32 Å². The highest BCUT2D eigenvalue weighted by Gasteiger charge is 2.13. The fraction of sp³-hybridized carbons (Fsp3) is 0.273. The van der Waals surface area contributed by atoms with Crippen molar-refractivity contribution in [1.29, 1.82) is 5.26 Å². The fourth-order valence-electron chi connectivity index (χ4n) is 1.20. The van der Waals surface area contributed by atoms with Gasteiger partial charge >= 0.3 is 0 Å². The maximum absolute atomic E-state index is 11.6. The van der Waals surface area contributed by atoms with Gasteiger partial charge in [0.1, 0.15) is 11.5 Å². The summed E-state index contributed by atoms with van der Waals surface area (Å²) in [4.78, 5) is 11.6. The molecule has 1 aromatic carbocycles. The van der Waals surface area contributed by atoms with Gasteiger partial charge in [-0.1, -0.05) is 0 Å². The molecule has 0 spiro atoms. The molecular weight excluding hydrogens is 208 g/mol. The molecule has 1 aromatic rings. The number of phenols is 2. The number of hydrogen-bond acceptors (Lipinski definition) is 4. The molecule has 0 radical (unpaired) electrons. The summed E-state index contributed by atoms with van der Waals surface area (Å²) in [5.41, 5.74) is 0.0718. The number of aromatic hydroxyl groups is 2. The summed E-state index contributed by atoms with van der Waals surface area (Å²) in [5.74, 6) is -0.874. The molecule has 16 heavy (non-hydrogen) atoms. The Morgan fingerprint density at radius 2 is 2.25 bits per heavy atom. The van der Waals surface area contributed by atoms with Gasteiger partial charge < -0.3 is 15.5 Å². The van der Waals surface area contributed by atoms with Gasteiger partial charge in [-0.3, -0.25) is 4.79 Å². The second-order valence-electron chi connectivity index (χ2n) is 3.44. The molecule has 0 aromatic heterocycles. The standard InChI is InChI=1S/C11H12N2O3/c1-7(4-5-12)13-11(16)9-3-2-8(14)6-10(9)15/h2-3,6-7,14-15H,4H2,1H3,(H,13,16). The van der Waals surface area contributed by atoms with Crippen LogP contribution in [0.15, 0.2) is 18.2 Å². The lowest BCUT2D eigenvalue weighted by atomic mass is 10.1. The average molecular weight is 220 g/mol. The third-order valence-corrected chi connectivity index (χ3v) is 2.00. The van der Waals surface area contributed by atoms with E-state index in [0.29, 0.717) is 0 Å². The number of phenolic OH excluding ortho intramolecular Hbond substituents is 2. The molecular formula is C11H12N2O3. The number of amides is 1.